The van der Waals surface area contributed by atoms with E-state index >= 15 is 0 Å². The van der Waals surface area contributed by atoms with E-state index in [0.29, 0.717) is 24.5 Å². The van der Waals surface area contributed by atoms with Crippen molar-refractivity contribution in [2.75, 3.05) is 18.8 Å². The Morgan fingerprint density at radius 1 is 1.41 bits per heavy atom. The summed E-state index contributed by atoms with van der Waals surface area (Å²) in [5.41, 5.74) is 8.18. The monoisotopic (exact) mass is 369 g/mol. The summed E-state index contributed by atoms with van der Waals surface area (Å²) in [6, 6.07) is 9.10. The van der Waals surface area contributed by atoms with Crippen molar-refractivity contribution in [1.29, 1.82) is 0 Å². The van der Waals surface area contributed by atoms with Crippen molar-refractivity contribution in [3.63, 3.8) is 0 Å². The second-order valence-electron chi connectivity index (χ2n) is 6.51. The van der Waals surface area contributed by atoms with Gasteiger partial charge >= 0.3 is 5.97 Å². The lowest BCUT2D eigenvalue weighted by molar-refractivity contribution is -0.131. The number of pyridine rings is 1. The molecule has 1 aromatic carbocycles. The van der Waals surface area contributed by atoms with Crippen LogP contribution in [0.5, 0.6) is 5.75 Å². The van der Waals surface area contributed by atoms with Gasteiger partial charge in [0.25, 0.3) is 0 Å². The molecule has 7 nitrogen and oxygen atoms in total. The number of hydrogen-bond acceptors (Lipinski definition) is 6. The van der Waals surface area contributed by atoms with Crippen molar-refractivity contribution in [1.82, 2.24) is 10.3 Å². The van der Waals surface area contributed by atoms with Crippen LogP contribution in [0, 0.1) is 0 Å². The molecule has 0 spiro atoms. The lowest BCUT2D eigenvalue weighted by Crippen LogP contribution is -2.36. The average molecular weight is 369 g/mol. The molecule has 0 fully saturated rings. The van der Waals surface area contributed by atoms with E-state index < -0.39 is 12.1 Å². The van der Waals surface area contributed by atoms with E-state index in [2.05, 4.69) is 10.3 Å². The summed E-state index contributed by atoms with van der Waals surface area (Å²) < 4.78 is 6.00. The third-order valence-electron chi connectivity index (χ3n) is 4.44. The fraction of sp³-hybridized carbons (Fsp3) is 0.300. The molecule has 0 bridgehead atoms. The zero-order valence-corrected chi connectivity index (χ0v) is 14.8. The van der Waals surface area contributed by atoms with E-state index in [1.165, 1.54) is 0 Å². The summed E-state index contributed by atoms with van der Waals surface area (Å²) in [4.78, 5) is 14.6. The molecule has 7 heteroatoms. The second kappa shape index (κ2) is 8.66. The number of hydrogen-bond donors (Lipinski definition) is 4. The van der Waals surface area contributed by atoms with Crippen molar-refractivity contribution in [2.24, 2.45) is 0 Å². The molecule has 0 saturated heterocycles. The minimum atomic E-state index is -0.966. The number of nitrogen functional groups attached to an aromatic ring is 1. The first kappa shape index (κ1) is 18.9. The highest BCUT2D eigenvalue weighted by molar-refractivity contribution is 5.85. The Labute approximate surface area is 157 Å². The third kappa shape index (κ3) is 5.29. The van der Waals surface area contributed by atoms with Gasteiger partial charge in [-0.15, -0.1) is 0 Å². The molecule has 142 valence electrons. The predicted octanol–water partition coefficient (Wildman–Crippen LogP) is 1.78. The minimum absolute atomic E-state index is 0.0228. The average Bonchev–Trinajstić information content (AvgIpc) is 2.66. The number of ether oxygens (including phenoxy) is 1. The number of nitrogens with two attached hydrogens (primary N) is 1. The number of carbonyl (C=O) groups is 1. The van der Waals surface area contributed by atoms with E-state index in [9.17, 15) is 9.90 Å². The number of nitrogens with zero attached hydrogens (tertiary/aromatic N) is 1. The van der Waals surface area contributed by atoms with Gasteiger partial charge in [0, 0.05) is 30.9 Å². The number of benzene rings is 1. The largest absolute Gasteiger partial charge is 0.489 e. The van der Waals surface area contributed by atoms with Crippen LogP contribution in [0.15, 0.2) is 42.6 Å². The smallest absolute Gasteiger partial charge is 0.328 e. The van der Waals surface area contributed by atoms with E-state index in [-0.39, 0.29) is 6.10 Å². The summed E-state index contributed by atoms with van der Waals surface area (Å²) >= 11 is 0. The van der Waals surface area contributed by atoms with Gasteiger partial charge in [-0.25, -0.2) is 9.78 Å². The first-order valence-corrected chi connectivity index (χ1v) is 8.82. The fourth-order valence-electron chi connectivity index (χ4n) is 2.99. The number of fused-ring (bicyclic) bond motifs is 1. The summed E-state index contributed by atoms with van der Waals surface area (Å²) in [6.07, 6.45) is 5.36. The van der Waals surface area contributed by atoms with Crippen molar-refractivity contribution >= 4 is 17.9 Å². The predicted molar refractivity (Wildman–Crippen MR) is 102 cm³/mol. The van der Waals surface area contributed by atoms with Crippen LogP contribution in [-0.2, 0) is 11.2 Å². The van der Waals surface area contributed by atoms with E-state index in [1.54, 1.807) is 24.4 Å². The van der Waals surface area contributed by atoms with Crippen LogP contribution in [-0.4, -0.2) is 40.4 Å². The number of rotatable bonds is 7. The van der Waals surface area contributed by atoms with Crippen molar-refractivity contribution in [3.8, 4) is 5.75 Å². The molecule has 2 heterocycles. The van der Waals surface area contributed by atoms with Gasteiger partial charge in [0.2, 0.25) is 0 Å². The first-order valence-electron chi connectivity index (χ1n) is 8.82. The molecular weight excluding hydrogens is 346 g/mol. The molecule has 0 saturated carbocycles. The molecule has 5 N–H and O–H groups in total. The summed E-state index contributed by atoms with van der Waals surface area (Å²) in [5.74, 6) is 0.283. The topological polar surface area (TPSA) is 118 Å². The number of aromatic nitrogens is 1. The molecule has 0 aliphatic carbocycles. The number of anilines is 1. The van der Waals surface area contributed by atoms with E-state index in [0.717, 1.165) is 35.8 Å². The molecule has 3 rings (SSSR count). The van der Waals surface area contributed by atoms with Gasteiger partial charge in [0.05, 0.1) is 6.10 Å². The maximum absolute atomic E-state index is 10.6. The Kier molecular flexibility index (Phi) is 6.05. The third-order valence-corrected chi connectivity index (χ3v) is 4.44. The minimum Gasteiger partial charge on any atom is -0.489 e. The van der Waals surface area contributed by atoms with Crippen LogP contribution in [0.25, 0.3) is 6.08 Å². The van der Waals surface area contributed by atoms with Gasteiger partial charge in [-0.05, 0) is 48.2 Å². The number of nitrogens with one attached hydrogen (secondary N) is 1. The highest BCUT2D eigenvalue weighted by Gasteiger charge is 2.20. The molecule has 27 heavy (non-hydrogen) atoms. The number of aliphatic carboxylic acids is 1. The van der Waals surface area contributed by atoms with Crippen molar-refractivity contribution < 1.29 is 19.7 Å². The lowest BCUT2D eigenvalue weighted by Gasteiger charge is -2.27. The molecule has 2 aromatic rings. The zero-order valence-electron chi connectivity index (χ0n) is 14.8. The van der Waals surface area contributed by atoms with Crippen LogP contribution in [0.2, 0.25) is 0 Å². The number of aliphatic hydroxyl groups is 1. The molecular formula is C20H23N3O4. The highest BCUT2D eigenvalue weighted by Crippen LogP contribution is 2.28. The number of aryl methyl sites for hydroxylation is 1. The van der Waals surface area contributed by atoms with Crippen LogP contribution >= 0.6 is 0 Å². The summed E-state index contributed by atoms with van der Waals surface area (Å²) in [5, 5.41) is 22.1. The fourth-order valence-corrected chi connectivity index (χ4v) is 2.99. The van der Waals surface area contributed by atoms with Gasteiger partial charge in [0.1, 0.15) is 17.7 Å². The molecule has 2 atom stereocenters. The van der Waals surface area contributed by atoms with Crippen LogP contribution in [0.3, 0.4) is 0 Å². The van der Waals surface area contributed by atoms with Gasteiger partial charge < -0.3 is 26.0 Å². The maximum atomic E-state index is 10.6. The Hall–Kier alpha value is -2.90. The molecule has 0 unspecified atom stereocenters. The van der Waals surface area contributed by atoms with Gasteiger partial charge in [-0.1, -0.05) is 12.1 Å². The van der Waals surface area contributed by atoms with Gasteiger partial charge in [-0.3, -0.25) is 0 Å². The zero-order chi connectivity index (χ0) is 19.2. The molecule has 0 radical (unpaired) electrons. The number of carboxylic acid groups (broad SMARTS) is 1. The SMILES string of the molecule is Nc1ccc([C@@H](O)CNC[C@@H]2CCc3cc(C=CC(=O)O)ccc3O2)cn1. The maximum Gasteiger partial charge on any atom is 0.328 e. The summed E-state index contributed by atoms with van der Waals surface area (Å²) in [7, 11) is 0. The van der Waals surface area contributed by atoms with Gasteiger partial charge in [-0.2, -0.15) is 0 Å². The first-order chi connectivity index (χ1) is 13.0. The molecule has 1 aliphatic heterocycles. The summed E-state index contributed by atoms with van der Waals surface area (Å²) in [6.45, 7) is 1.02. The number of carboxylic acids is 1. The Morgan fingerprint density at radius 3 is 3.00 bits per heavy atom. The van der Waals surface area contributed by atoms with Crippen LogP contribution in [0.1, 0.15) is 29.2 Å². The van der Waals surface area contributed by atoms with Crippen LogP contribution < -0.4 is 15.8 Å². The van der Waals surface area contributed by atoms with Crippen molar-refractivity contribution in [3.05, 3.63) is 59.3 Å². The number of aliphatic hydroxyl groups excluding tert-OH is 1. The van der Waals surface area contributed by atoms with E-state index in [1.807, 2.05) is 18.2 Å². The standard InChI is InChI=1S/C20H23N3O4/c21-19-7-4-15(10-23-19)17(24)12-22-11-16-5-3-14-9-13(2-8-20(25)26)1-6-18(14)27-16/h1-2,4,6-10,16-17,22,24H,3,5,11-12H2,(H2,21,23)(H,25,26)/t16-,17-/m0/s1. The van der Waals surface area contributed by atoms with Gasteiger partial charge in [0.15, 0.2) is 0 Å². The molecule has 1 aromatic heterocycles. The quantitative estimate of drug-likeness (QED) is 0.550. The molecule has 0 amide bonds. The van der Waals surface area contributed by atoms with Crippen LogP contribution in [0.4, 0.5) is 5.82 Å². The second-order valence-corrected chi connectivity index (χ2v) is 6.51. The highest BCUT2D eigenvalue weighted by atomic mass is 16.5. The Bertz CT molecular complexity index is 820. The lowest BCUT2D eigenvalue weighted by atomic mass is 9.99. The van der Waals surface area contributed by atoms with Crippen molar-refractivity contribution in [2.45, 2.75) is 25.0 Å². The van der Waals surface area contributed by atoms with E-state index in [4.69, 9.17) is 15.6 Å². The normalized spacial score (nSPS) is 17.3. The molecule has 1 aliphatic rings. The Morgan fingerprint density at radius 2 is 2.26 bits per heavy atom. The Balaban J connectivity index is 1.49.